The molecule has 36 heavy (non-hydrogen) atoms. The molecule has 2 aliphatic heterocycles. The Morgan fingerprint density at radius 1 is 1.11 bits per heavy atom. The van der Waals surface area contributed by atoms with Gasteiger partial charge < -0.3 is 34.4 Å². The van der Waals surface area contributed by atoms with Gasteiger partial charge >= 0.3 is 0 Å². The van der Waals surface area contributed by atoms with Crippen LogP contribution in [0.4, 0.5) is 5.82 Å². The summed E-state index contributed by atoms with van der Waals surface area (Å²) in [6, 6.07) is 14.2. The Morgan fingerprint density at radius 2 is 1.94 bits per heavy atom. The summed E-state index contributed by atoms with van der Waals surface area (Å²) in [5.74, 6) is 0.697. The first-order valence-electron chi connectivity index (χ1n) is 11.2. The monoisotopic (exact) mass is 509 g/mol. The molecular formula is C24H20ClN5O6. The number of nitrogens with zero attached hydrogens (tertiary/aromatic N) is 3. The van der Waals surface area contributed by atoms with E-state index >= 15 is 0 Å². The van der Waals surface area contributed by atoms with Gasteiger partial charge in [-0.2, -0.15) is 4.98 Å². The fourth-order valence-corrected chi connectivity index (χ4v) is 4.29. The van der Waals surface area contributed by atoms with Crippen molar-refractivity contribution in [2.45, 2.75) is 24.4 Å². The predicted octanol–water partition coefficient (Wildman–Crippen LogP) is 2.96. The lowest BCUT2D eigenvalue weighted by atomic mass is 10.1. The van der Waals surface area contributed by atoms with Crippen LogP contribution in [0.1, 0.15) is 10.4 Å². The lowest BCUT2D eigenvalue weighted by molar-refractivity contribution is 0.00706. The van der Waals surface area contributed by atoms with Gasteiger partial charge in [-0.05, 0) is 24.3 Å². The number of imidazole rings is 1. The number of aromatic nitrogens is 4. The number of rotatable bonds is 6. The quantitative estimate of drug-likeness (QED) is 0.357. The number of fused-ring (bicyclic) bond motifs is 2. The molecule has 3 aromatic heterocycles. The van der Waals surface area contributed by atoms with Crippen LogP contribution >= 0.6 is 11.6 Å². The van der Waals surface area contributed by atoms with E-state index in [0.717, 1.165) is 0 Å². The lowest BCUT2D eigenvalue weighted by Gasteiger charge is -2.15. The first-order chi connectivity index (χ1) is 17.5. The molecule has 0 spiro atoms. The minimum atomic E-state index is -0.672. The average Bonchev–Trinajstić information content (AvgIpc) is 3.57. The molecule has 6 rings (SSSR count). The van der Waals surface area contributed by atoms with Crippen LogP contribution in [0.2, 0.25) is 5.02 Å². The van der Waals surface area contributed by atoms with E-state index in [2.05, 4.69) is 25.3 Å². The van der Waals surface area contributed by atoms with E-state index in [9.17, 15) is 9.90 Å². The highest BCUT2D eigenvalue weighted by molar-refractivity contribution is 6.34. The number of para-hydroxylation sites is 1. The number of anilines is 1. The number of nitrogens with one attached hydrogen (secondary N) is 2. The molecule has 0 saturated carbocycles. The Bertz CT molecular complexity index is 1400. The van der Waals surface area contributed by atoms with Crippen LogP contribution in [-0.2, 0) is 9.47 Å². The molecule has 1 amide bonds. The van der Waals surface area contributed by atoms with Crippen molar-refractivity contribution in [3.8, 4) is 17.6 Å². The maximum Gasteiger partial charge on any atom is 0.296 e. The zero-order valence-electron chi connectivity index (χ0n) is 18.6. The number of benzene rings is 1. The highest BCUT2D eigenvalue weighted by Crippen LogP contribution is 2.31. The van der Waals surface area contributed by atoms with Crippen LogP contribution in [0.5, 0.6) is 17.6 Å². The minimum Gasteiger partial charge on any atom is -0.456 e. The molecule has 1 aromatic carbocycles. The molecule has 11 nitrogen and oxygen atoms in total. The van der Waals surface area contributed by atoms with E-state index in [1.165, 1.54) is 6.20 Å². The summed E-state index contributed by atoms with van der Waals surface area (Å²) in [5, 5.41) is 12.8. The van der Waals surface area contributed by atoms with Gasteiger partial charge in [-0.15, -0.1) is 0 Å². The molecule has 0 unspecified atom stereocenters. The smallest absolute Gasteiger partial charge is 0.296 e. The molecule has 12 heteroatoms. The number of H-pyrrole nitrogens is 1. The van der Waals surface area contributed by atoms with Gasteiger partial charge in [0.2, 0.25) is 5.88 Å². The molecule has 0 bridgehead atoms. The minimum absolute atomic E-state index is 0.142. The Morgan fingerprint density at radius 3 is 2.75 bits per heavy atom. The van der Waals surface area contributed by atoms with Crippen LogP contribution < -0.4 is 14.8 Å². The number of aliphatic hydroxyl groups is 1. The van der Waals surface area contributed by atoms with Crippen molar-refractivity contribution in [3.63, 3.8) is 0 Å². The predicted molar refractivity (Wildman–Crippen MR) is 128 cm³/mol. The molecule has 2 fully saturated rings. The van der Waals surface area contributed by atoms with Gasteiger partial charge in [0.05, 0.1) is 29.3 Å². The van der Waals surface area contributed by atoms with Gasteiger partial charge in [-0.1, -0.05) is 29.8 Å². The number of ether oxygens (including phenoxy) is 4. The fourth-order valence-electron chi connectivity index (χ4n) is 4.09. The number of pyridine rings is 2. The van der Waals surface area contributed by atoms with Gasteiger partial charge in [0.25, 0.3) is 11.9 Å². The van der Waals surface area contributed by atoms with Crippen LogP contribution in [-0.4, -0.2) is 68.6 Å². The van der Waals surface area contributed by atoms with E-state index in [1.54, 1.807) is 18.2 Å². The second-order valence-electron chi connectivity index (χ2n) is 8.31. The summed E-state index contributed by atoms with van der Waals surface area (Å²) in [7, 11) is 0. The van der Waals surface area contributed by atoms with Crippen molar-refractivity contribution in [1.82, 2.24) is 19.9 Å². The first-order valence-corrected chi connectivity index (χ1v) is 11.6. The van der Waals surface area contributed by atoms with Crippen molar-refractivity contribution >= 4 is 34.5 Å². The number of aromatic amines is 1. The van der Waals surface area contributed by atoms with Crippen molar-refractivity contribution < 1.29 is 28.8 Å². The van der Waals surface area contributed by atoms with Crippen LogP contribution in [0.25, 0.3) is 11.2 Å². The molecule has 4 atom stereocenters. The maximum atomic E-state index is 12.7. The van der Waals surface area contributed by atoms with Crippen molar-refractivity contribution in [2.24, 2.45) is 0 Å². The normalized spacial score (nSPS) is 22.9. The summed E-state index contributed by atoms with van der Waals surface area (Å²) in [6.45, 7) is 0.468. The summed E-state index contributed by atoms with van der Waals surface area (Å²) in [4.78, 5) is 28.6. The van der Waals surface area contributed by atoms with Gasteiger partial charge in [-0.3, -0.25) is 4.79 Å². The van der Waals surface area contributed by atoms with Gasteiger partial charge in [0, 0.05) is 12.3 Å². The largest absolute Gasteiger partial charge is 0.456 e. The zero-order valence-corrected chi connectivity index (χ0v) is 19.4. The van der Waals surface area contributed by atoms with Crippen LogP contribution in [0, 0.1) is 0 Å². The third kappa shape index (κ3) is 4.44. The molecule has 2 saturated heterocycles. The maximum absolute atomic E-state index is 12.7. The molecular weight excluding hydrogens is 490 g/mol. The summed E-state index contributed by atoms with van der Waals surface area (Å²) >= 11 is 6.35. The van der Waals surface area contributed by atoms with Crippen molar-refractivity contribution in [3.05, 3.63) is 65.3 Å². The molecule has 4 aromatic rings. The third-order valence-corrected chi connectivity index (χ3v) is 6.13. The third-order valence-electron chi connectivity index (χ3n) is 5.85. The molecule has 3 N–H and O–H groups in total. The molecule has 0 radical (unpaired) electrons. The molecule has 184 valence electrons. The Kier molecular flexibility index (Phi) is 5.89. The second-order valence-corrected chi connectivity index (χ2v) is 8.71. The first kappa shape index (κ1) is 22.7. The standard InChI is InChI=1S/C24H20ClN5O6/c25-14-8-15-22(30-24(27-15)36-17-11-34-19-16(31)10-33-20(17)19)28-21(14)29-23(32)12-6-7-18(26-9-12)35-13-4-2-1-3-5-13/h1-9,16-17,19-20,31H,10-11H2,(H2,27,28,29,30,32)/t16-,17-,19-,20-/m1/s1. The highest BCUT2D eigenvalue weighted by Gasteiger charge is 2.48. The van der Waals surface area contributed by atoms with E-state index in [-0.39, 0.29) is 36.2 Å². The zero-order chi connectivity index (χ0) is 24.6. The molecule has 0 aliphatic carbocycles. The van der Waals surface area contributed by atoms with E-state index in [1.807, 2.05) is 30.3 Å². The van der Waals surface area contributed by atoms with Crippen molar-refractivity contribution in [2.75, 3.05) is 18.5 Å². The molecule has 2 aliphatic rings. The summed E-state index contributed by atoms with van der Waals surface area (Å²) in [5.41, 5.74) is 1.13. The Balaban J connectivity index is 1.14. The topological polar surface area (TPSA) is 141 Å². The van der Waals surface area contributed by atoms with E-state index < -0.39 is 24.2 Å². The Labute approximate surface area is 209 Å². The average molecular weight is 510 g/mol. The highest BCUT2D eigenvalue weighted by atomic mass is 35.5. The SMILES string of the molecule is O=C(Nc1nc2nc(O[C@@H]3CO[C@H]4[C@@H]3OC[C@H]4O)[nH]c2cc1Cl)c1ccc(Oc2ccccc2)nc1. The van der Waals surface area contributed by atoms with Gasteiger partial charge in [0.15, 0.2) is 17.6 Å². The number of amides is 1. The Hall–Kier alpha value is -3.77. The number of hydrogen-bond acceptors (Lipinski definition) is 9. The summed E-state index contributed by atoms with van der Waals surface area (Å²) < 4.78 is 22.7. The second kappa shape index (κ2) is 9.36. The lowest BCUT2D eigenvalue weighted by Crippen LogP contribution is -2.34. The van der Waals surface area contributed by atoms with E-state index in [4.69, 9.17) is 30.5 Å². The van der Waals surface area contributed by atoms with Crippen LogP contribution in [0.3, 0.4) is 0 Å². The number of aliphatic hydroxyl groups excluding tert-OH is 1. The van der Waals surface area contributed by atoms with Crippen LogP contribution in [0.15, 0.2) is 54.7 Å². The van der Waals surface area contributed by atoms with E-state index in [0.29, 0.717) is 28.4 Å². The van der Waals surface area contributed by atoms with Crippen molar-refractivity contribution in [1.29, 1.82) is 0 Å². The number of carbonyl (C=O) groups excluding carboxylic acids is 1. The fraction of sp³-hybridized carbons (Fsp3) is 0.250. The number of halogens is 1. The number of carbonyl (C=O) groups is 1. The number of hydrogen-bond donors (Lipinski definition) is 3. The summed E-state index contributed by atoms with van der Waals surface area (Å²) in [6.07, 6.45) is -0.489. The van der Waals surface area contributed by atoms with Gasteiger partial charge in [-0.25, -0.2) is 9.97 Å². The van der Waals surface area contributed by atoms with Gasteiger partial charge in [0.1, 0.15) is 24.1 Å². The molecule has 5 heterocycles.